The fourth-order valence-corrected chi connectivity index (χ4v) is 2.44. The molecule has 3 N–H and O–H groups in total. The molecule has 4 heteroatoms. The van der Waals surface area contributed by atoms with Crippen molar-refractivity contribution < 1.29 is 10.1 Å². The van der Waals surface area contributed by atoms with E-state index in [1.807, 2.05) is 54.7 Å². The quantitative estimate of drug-likeness (QED) is 0.845. The molecule has 1 amide bonds. The minimum atomic E-state index is -0.0230. The molecule has 0 saturated carbocycles. The van der Waals surface area contributed by atoms with E-state index < -0.39 is 0 Å². The normalized spacial score (nSPS) is 13.4. The molecule has 0 heterocycles. The van der Waals surface area contributed by atoms with Crippen LogP contribution in [0.1, 0.15) is 37.1 Å². The second-order valence-corrected chi connectivity index (χ2v) is 5.92. The van der Waals surface area contributed by atoms with Crippen LogP contribution in [0.25, 0.3) is 0 Å². The zero-order chi connectivity index (χ0) is 15.9. The van der Waals surface area contributed by atoms with Crippen LogP contribution in [0.15, 0.2) is 54.6 Å². The molecule has 0 bridgehead atoms. The number of rotatable bonds is 6. The molecule has 2 atom stereocenters. The molecule has 0 saturated heterocycles. The molecular weight excluding hydrogens is 296 g/mol. The number of quaternary nitrogens is 1. The number of halogens is 1. The van der Waals surface area contributed by atoms with Crippen LogP contribution in [0.3, 0.4) is 0 Å². The van der Waals surface area contributed by atoms with Gasteiger partial charge in [0.25, 0.3) is 5.91 Å². The molecule has 0 fully saturated rings. The van der Waals surface area contributed by atoms with E-state index in [0.29, 0.717) is 11.6 Å². The molecule has 2 aromatic carbocycles. The Morgan fingerprint density at radius 1 is 1.05 bits per heavy atom. The third kappa shape index (κ3) is 4.86. The Labute approximate surface area is 136 Å². The van der Waals surface area contributed by atoms with Gasteiger partial charge < -0.3 is 10.6 Å². The third-order valence-electron chi connectivity index (χ3n) is 3.73. The lowest BCUT2D eigenvalue weighted by Gasteiger charge is -2.15. The van der Waals surface area contributed by atoms with Crippen LogP contribution in [0.4, 0.5) is 0 Å². The highest BCUT2D eigenvalue weighted by Crippen LogP contribution is 2.15. The average Bonchev–Trinajstić information content (AvgIpc) is 2.54. The Bertz CT molecular complexity index is 598. The van der Waals surface area contributed by atoms with Crippen LogP contribution in [0, 0.1) is 0 Å². The van der Waals surface area contributed by atoms with Crippen LogP contribution in [0.2, 0.25) is 5.02 Å². The second-order valence-electron chi connectivity index (χ2n) is 5.48. The van der Waals surface area contributed by atoms with Gasteiger partial charge in [-0.3, -0.25) is 4.79 Å². The van der Waals surface area contributed by atoms with Crippen LogP contribution in [0.5, 0.6) is 0 Å². The zero-order valence-corrected chi connectivity index (χ0v) is 13.7. The van der Waals surface area contributed by atoms with E-state index in [-0.39, 0.29) is 18.0 Å². The van der Waals surface area contributed by atoms with Crippen LogP contribution in [-0.4, -0.2) is 12.5 Å². The first-order chi connectivity index (χ1) is 10.6. The molecule has 0 spiro atoms. The lowest BCUT2D eigenvalue weighted by Crippen LogP contribution is -2.87. The van der Waals surface area contributed by atoms with Gasteiger partial charge in [0, 0.05) is 10.6 Å². The largest absolute Gasteiger partial charge is 0.345 e. The van der Waals surface area contributed by atoms with Gasteiger partial charge >= 0.3 is 0 Å². The summed E-state index contributed by atoms with van der Waals surface area (Å²) in [6.45, 7) is 4.49. The van der Waals surface area contributed by atoms with Crippen LogP contribution < -0.4 is 10.6 Å². The molecule has 22 heavy (non-hydrogen) atoms. The number of nitrogens with two attached hydrogens (primary N) is 1. The summed E-state index contributed by atoms with van der Waals surface area (Å²) < 4.78 is 0. The number of benzene rings is 2. The standard InChI is InChI=1S/C18H21ClN2O/c1-13(15-6-4-3-5-7-15)20-12-18(22)21-14(2)16-8-10-17(19)11-9-16/h3-11,13-14,20H,12H2,1-2H3,(H,21,22)/p+1/t13-,14-/m1/s1. The van der Waals surface area contributed by atoms with Crippen molar-refractivity contribution in [3.05, 3.63) is 70.7 Å². The lowest BCUT2D eigenvalue weighted by atomic mass is 10.1. The number of hydrogen-bond donors (Lipinski definition) is 2. The molecule has 0 aliphatic heterocycles. The maximum Gasteiger partial charge on any atom is 0.275 e. The van der Waals surface area contributed by atoms with Crippen molar-refractivity contribution in [2.45, 2.75) is 25.9 Å². The molecule has 0 aliphatic carbocycles. The number of hydrogen-bond acceptors (Lipinski definition) is 1. The summed E-state index contributed by atoms with van der Waals surface area (Å²) in [6.07, 6.45) is 0. The summed E-state index contributed by atoms with van der Waals surface area (Å²) in [4.78, 5) is 12.1. The molecular formula is C18H22ClN2O+. The fraction of sp³-hybridized carbons (Fsp3) is 0.278. The van der Waals surface area contributed by atoms with E-state index in [1.165, 1.54) is 5.56 Å². The highest BCUT2D eigenvalue weighted by molar-refractivity contribution is 6.30. The number of nitrogens with one attached hydrogen (secondary N) is 1. The lowest BCUT2D eigenvalue weighted by molar-refractivity contribution is -0.682. The number of carbonyl (C=O) groups is 1. The summed E-state index contributed by atoms with van der Waals surface area (Å²) in [5.41, 5.74) is 2.27. The third-order valence-corrected chi connectivity index (χ3v) is 3.98. The van der Waals surface area contributed by atoms with E-state index >= 15 is 0 Å². The van der Waals surface area contributed by atoms with Gasteiger partial charge in [0.2, 0.25) is 0 Å². The predicted octanol–water partition coefficient (Wildman–Crippen LogP) is 2.84. The van der Waals surface area contributed by atoms with Gasteiger partial charge in [0.15, 0.2) is 6.54 Å². The van der Waals surface area contributed by atoms with Gasteiger partial charge in [-0.1, -0.05) is 54.1 Å². The molecule has 2 rings (SSSR count). The van der Waals surface area contributed by atoms with E-state index in [9.17, 15) is 4.79 Å². The summed E-state index contributed by atoms with van der Waals surface area (Å²) in [5.74, 6) is 0.0326. The number of amides is 1. The first-order valence-electron chi connectivity index (χ1n) is 7.49. The second kappa shape index (κ2) is 7.97. The molecule has 116 valence electrons. The van der Waals surface area contributed by atoms with Crippen molar-refractivity contribution in [2.24, 2.45) is 0 Å². The maximum atomic E-state index is 12.1. The van der Waals surface area contributed by atoms with Crippen molar-refractivity contribution in [3.8, 4) is 0 Å². The SMILES string of the molecule is C[C@@H](NC(=O)C[NH2+][C@H](C)c1ccccc1)c1ccc(Cl)cc1. The highest BCUT2D eigenvalue weighted by atomic mass is 35.5. The van der Waals surface area contributed by atoms with Crippen molar-refractivity contribution in [3.63, 3.8) is 0 Å². The van der Waals surface area contributed by atoms with E-state index in [0.717, 1.165) is 5.56 Å². The minimum Gasteiger partial charge on any atom is -0.345 e. The summed E-state index contributed by atoms with van der Waals surface area (Å²) in [6, 6.07) is 18.0. The van der Waals surface area contributed by atoms with E-state index in [2.05, 4.69) is 24.4 Å². The van der Waals surface area contributed by atoms with Crippen molar-refractivity contribution >= 4 is 17.5 Å². The Balaban J connectivity index is 1.81. The first kappa shape index (κ1) is 16.5. The average molecular weight is 318 g/mol. The van der Waals surface area contributed by atoms with Crippen molar-refractivity contribution in [1.29, 1.82) is 0 Å². The molecule has 0 aromatic heterocycles. The van der Waals surface area contributed by atoms with Gasteiger partial charge in [0.1, 0.15) is 6.04 Å². The maximum absolute atomic E-state index is 12.1. The molecule has 0 unspecified atom stereocenters. The fourth-order valence-electron chi connectivity index (χ4n) is 2.31. The Hall–Kier alpha value is -1.84. The Kier molecular flexibility index (Phi) is 5.99. The molecule has 3 nitrogen and oxygen atoms in total. The summed E-state index contributed by atoms with van der Waals surface area (Å²) in [5, 5.41) is 5.75. The predicted molar refractivity (Wildman–Crippen MR) is 89.7 cm³/mol. The number of carbonyl (C=O) groups excluding carboxylic acids is 1. The minimum absolute atomic E-state index is 0.0230. The van der Waals surface area contributed by atoms with E-state index in [4.69, 9.17) is 11.6 Å². The summed E-state index contributed by atoms with van der Waals surface area (Å²) in [7, 11) is 0. The van der Waals surface area contributed by atoms with Gasteiger partial charge in [-0.2, -0.15) is 0 Å². The molecule has 0 radical (unpaired) electrons. The summed E-state index contributed by atoms with van der Waals surface area (Å²) >= 11 is 5.87. The van der Waals surface area contributed by atoms with Crippen molar-refractivity contribution in [1.82, 2.24) is 5.32 Å². The molecule has 2 aromatic rings. The van der Waals surface area contributed by atoms with Gasteiger partial charge in [-0.15, -0.1) is 0 Å². The topological polar surface area (TPSA) is 45.7 Å². The van der Waals surface area contributed by atoms with Crippen molar-refractivity contribution in [2.75, 3.05) is 6.54 Å². The Morgan fingerprint density at radius 3 is 2.32 bits per heavy atom. The Morgan fingerprint density at radius 2 is 1.68 bits per heavy atom. The van der Waals surface area contributed by atoms with Gasteiger partial charge in [-0.25, -0.2) is 0 Å². The van der Waals surface area contributed by atoms with Gasteiger partial charge in [0.05, 0.1) is 6.04 Å². The zero-order valence-electron chi connectivity index (χ0n) is 12.9. The molecule has 0 aliphatic rings. The highest BCUT2D eigenvalue weighted by Gasteiger charge is 2.13. The smallest absolute Gasteiger partial charge is 0.275 e. The van der Waals surface area contributed by atoms with E-state index in [1.54, 1.807) is 0 Å². The first-order valence-corrected chi connectivity index (χ1v) is 7.87. The monoisotopic (exact) mass is 317 g/mol. The van der Waals surface area contributed by atoms with Crippen LogP contribution >= 0.6 is 11.6 Å². The van der Waals surface area contributed by atoms with Crippen LogP contribution in [-0.2, 0) is 4.79 Å². The van der Waals surface area contributed by atoms with Gasteiger partial charge in [-0.05, 0) is 31.5 Å².